The number of hydrogen-bond donors (Lipinski definition) is 1. The van der Waals surface area contributed by atoms with E-state index in [1.165, 1.54) is 0 Å². The van der Waals surface area contributed by atoms with Crippen molar-refractivity contribution in [1.82, 2.24) is 4.98 Å². The lowest BCUT2D eigenvalue weighted by Crippen LogP contribution is -2.17. The fourth-order valence-electron chi connectivity index (χ4n) is 2.81. The van der Waals surface area contributed by atoms with E-state index in [9.17, 15) is 18.0 Å². The van der Waals surface area contributed by atoms with Gasteiger partial charge in [-0.25, -0.2) is 13.2 Å². The molecule has 1 aromatic heterocycles. The fourth-order valence-corrected chi connectivity index (χ4v) is 2.81. The third-order valence-electron chi connectivity index (χ3n) is 4.13. The van der Waals surface area contributed by atoms with Crippen molar-refractivity contribution in [2.24, 2.45) is 0 Å². The Bertz CT molecular complexity index is 986. The molecular weight excluding hydrogens is 329 g/mol. The van der Waals surface area contributed by atoms with Crippen molar-refractivity contribution < 1.29 is 18.0 Å². The zero-order valence-electron chi connectivity index (χ0n) is 13.7. The van der Waals surface area contributed by atoms with Crippen LogP contribution in [0.1, 0.15) is 16.8 Å². The Hall–Kier alpha value is -2.89. The van der Waals surface area contributed by atoms with E-state index in [4.69, 9.17) is 0 Å². The van der Waals surface area contributed by atoms with Gasteiger partial charge in [0.25, 0.3) is 0 Å². The zero-order valence-corrected chi connectivity index (χ0v) is 13.7. The van der Waals surface area contributed by atoms with Gasteiger partial charge in [-0.3, -0.25) is 9.78 Å². The summed E-state index contributed by atoms with van der Waals surface area (Å²) >= 11 is 0. The van der Waals surface area contributed by atoms with Gasteiger partial charge in [0.15, 0.2) is 17.5 Å². The van der Waals surface area contributed by atoms with Gasteiger partial charge in [-0.15, -0.1) is 0 Å². The van der Waals surface area contributed by atoms with E-state index in [1.54, 1.807) is 6.92 Å². The molecule has 25 heavy (non-hydrogen) atoms. The number of fused-ring (bicyclic) bond motifs is 1. The van der Waals surface area contributed by atoms with Crippen LogP contribution in [-0.2, 0) is 11.2 Å². The van der Waals surface area contributed by atoms with Crippen LogP contribution in [0.2, 0.25) is 0 Å². The topological polar surface area (TPSA) is 42.0 Å². The first-order valence-corrected chi connectivity index (χ1v) is 7.66. The lowest BCUT2D eigenvalue weighted by molar-refractivity contribution is -0.115. The summed E-state index contributed by atoms with van der Waals surface area (Å²) in [5.74, 6) is -4.87. The van der Waals surface area contributed by atoms with Gasteiger partial charge in [0.05, 0.1) is 17.6 Å². The minimum absolute atomic E-state index is 0.0477. The van der Waals surface area contributed by atoms with Gasteiger partial charge in [-0.1, -0.05) is 18.2 Å². The molecule has 1 amide bonds. The highest BCUT2D eigenvalue weighted by Crippen LogP contribution is 2.24. The van der Waals surface area contributed by atoms with E-state index in [-0.39, 0.29) is 6.42 Å². The Morgan fingerprint density at radius 3 is 2.52 bits per heavy atom. The number of anilines is 1. The average Bonchev–Trinajstić information content (AvgIpc) is 2.59. The zero-order chi connectivity index (χ0) is 18.1. The number of pyridine rings is 1. The number of carbonyl (C=O) groups excluding carboxylic acids is 1. The number of nitrogens with one attached hydrogen (secondary N) is 1. The molecule has 0 unspecified atom stereocenters. The Morgan fingerprint density at radius 2 is 1.76 bits per heavy atom. The summed E-state index contributed by atoms with van der Waals surface area (Å²) < 4.78 is 39.9. The van der Waals surface area contributed by atoms with Crippen molar-refractivity contribution in [2.45, 2.75) is 20.3 Å². The molecule has 6 heteroatoms. The number of aryl methyl sites for hydroxylation is 2. The molecule has 0 fully saturated rings. The van der Waals surface area contributed by atoms with Crippen LogP contribution in [0.5, 0.6) is 0 Å². The third-order valence-corrected chi connectivity index (χ3v) is 4.13. The summed E-state index contributed by atoms with van der Waals surface area (Å²) in [7, 11) is 0. The molecule has 0 saturated carbocycles. The molecule has 0 aliphatic heterocycles. The molecule has 0 aliphatic rings. The summed E-state index contributed by atoms with van der Waals surface area (Å²) in [4.78, 5) is 16.7. The van der Waals surface area contributed by atoms with Crippen molar-refractivity contribution in [3.63, 3.8) is 0 Å². The molecule has 3 rings (SSSR count). The molecule has 128 valence electrons. The normalized spacial score (nSPS) is 10.9. The second kappa shape index (κ2) is 6.55. The standard InChI is InChI=1S/C19H15F3N2O/c1-10-12-5-3-4-6-15(12)23-11(2)13(10)9-17(25)24-16-8-7-14(20)18(21)19(16)22/h3-8H,9H2,1-2H3,(H,24,25). The van der Waals surface area contributed by atoms with Crippen LogP contribution in [0.15, 0.2) is 36.4 Å². The molecule has 0 spiro atoms. The Labute approximate surface area is 142 Å². The first-order valence-electron chi connectivity index (χ1n) is 7.66. The van der Waals surface area contributed by atoms with E-state index in [0.29, 0.717) is 5.69 Å². The third kappa shape index (κ3) is 3.20. The molecular formula is C19H15F3N2O. The molecule has 3 aromatic rings. The van der Waals surface area contributed by atoms with Gasteiger partial charge in [0.1, 0.15) is 0 Å². The summed E-state index contributed by atoms with van der Waals surface area (Å²) in [5.41, 5.74) is 2.75. The average molecular weight is 344 g/mol. The number of nitrogens with zero attached hydrogens (tertiary/aromatic N) is 1. The van der Waals surface area contributed by atoms with E-state index in [1.807, 2.05) is 31.2 Å². The Morgan fingerprint density at radius 1 is 1.04 bits per heavy atom. The van der Waals surface area contributed by atoms with Gasteiger partial charge in [0.2, 0.25) is 5.91 Å². The number of aromatic nitrogens is 1. The van der Waals surface area contributed by atoms with E-state index in [2.05, 4.69) is 10.3 Å². The number of benzene rings is 2. The number of amides is 1. The van der Waals surface area contributed by atoms with Crippen LogP contribution in [0.25, 0.3) is 10.9 Å². The number of rotatable bonds is 3. The first-order chi connectivity index (χ1) is 11.9. The largest absolute Gasteiger partial charge is 0.323 e. The minimum Gasteiger partial charge on any atom is -0.323 e. The molecule has 0 atom stereocenters. The summed E-state index contributed by atoms with van der Waals surface area (Å²) in [6.45, 7) is 3.68. The van der Waals surface area contributed by atoms with Crippen LogP contribution < -0.4 is 5.32 Å². The maximum atomic E-state index is 13.7. The molecule has 3 nitrogen and oxygen atoms in total. The minimum atomic E-state index is -1.61. The quantitative estimate of drug-likeness (QED) is 0.713. The van der Waals surface area contributed by atoms with E-state index >= 15 is 0 Å². The lowest BCUT2D eigenvalue weighted by Gasteiger charge is -2.13. The smallest absolute Gasteiger partial charge is 0.228 e. The highest BCUT2D eigenvalue weighted by Gasteiger charge is 2.17. The van der Waals surface area contributed by atoms with Crippen LogP contribution >= 0.6 is 0 Å². The van der Waals surface area contributed by atoms with Gasteiger partial charge in [-0.2, -0.15) is 0 Å². The molecule has 0 aliphatic carbocycles. The monoisotopic (exact) mass is 344 g/mol. The molecule has 0 saturated heterocycles. The highest BCUT2D eigenvalue weighted by molar-refractivity contribution is 5.94. The lowest BCUT2D eigenvalue weighted by atomic mass is 9.99. The van der Waals surface area contributed by atoms with Gasteiger partial charge in [-0.05, 0) is 43.2 Å². The van der Waals surface area contributed by atoms with E-state index in [0.717, 1.165) is 34.2 Å². The molecule has 2 aromatic carbocycles. The number of carbonyl (C=O) groups is 1. The second-order valence-corrected chi connectivity index (χ2v) is 5.77. The summed E-state index contributed by atoms with van der Waals surface area (Å²) in [5, 5.41) is 3.21. The Balaban J connectivity index is 1.89. The van der Waals surface area contributed by atoms with Gasteiger partial charge < -0.3 is 5.32 Å². The van der Waals surface area contributed by atoms with Crippen LogP contribution in [0.3, 0.4) is 0 Å². The summed E-state index contributed by atoms with van der Waals surface area (Å²) in [6.07, 6.45) is -0.0477. The van der Waals surface area contributed by atoms with Gasteiger partial charge >= 0.3 is 0 Å². The maximum Gasteiger partial charge on any atom is 0.228 e. The van der Waals surface area contributed by atoms with Crippen molar-refractivity contribution >= 4 is 22.5 Å². The van der Waals surface area contributed by atoms with Crippen molar-refractivity contribution in [3.05, 3.63) is 70.7 Å². The number of halogens is 3. The van der Waals surface area contributed by atoms with E-state index < -0.39 is 29.0 Å². The second-order valence-electron chi connectivity index (χ2n) is 5.77. The molecule has 0 bridgehead atoms. The predicted octanol–water partition coefficient (Wildman–Crippen LogP) is 4.45. The fraction of sp³-hybridized carbons (Fsp3) is 0.158. The van der Waals surface area contributed by atoms with Crippen LogP contribution in [-0.4, -0.2) is 10.9 Å². The number of para-hydroxylation sites is 1. The predicted molar refractivity (Wildman–Crippen MR) is 89.9 cm³/mol. The maximum absolute atomic E-state index is 13.7. The molecule has 1 heterocycles. The van der Waals surface area contributed by atoms with Crippen molar-refractivity contribution in [1.29, 1.82) is 0 Å². The van der Waals surface area contributed by atoms with Gasteiger partial charge in [0, 0.05) is 11.1 Å². The molecule has 0 radical (unpaired) electrons. The van der Waals surface area contributed by atoms with Crippen LogP contribution in [0.4, 0.5) is 18.9 Å². The van der Waals surface area contributed by atoms with Crippen molar-refractivity contribution in [3.8, 4) is 0 Å². The number of hydrogen-bond acceptors (Lipinski definition) is 2. The summed E-state index contributed by atoms with van der Waals surface area (Å²) in [6, 6.07) is 9.31. The first kappa shape index (κ1) is 17.0. The Kier molecular flexibility index (Phi) is 4.44. The van der Waals surface area contributed by atoms with Crippen LogP contribution in [0, 0.1) is 31.3 Å². The SMILES string of the molecule is Cc1nc2ccccc2c(C)c1CC(=O)Nc1ccc(F)c(F)c1F. The highest BCUT2D eigenvalue weighted by atomic mass is 19.2. The van der Waals surface area contributed by atoms with Crippen molar-refractivity contribution in [2.75, 3.05) is 5.32 Å². The molecule has 1 N–H and O–H groups in total.